The van der Waals surface area contributed by atoms with Crippen LogP contribution in [0.3, 0.4) is 0 Å². The highest BCUT2D eigenvalue weighted by Gasteiger charge is 2.40. The Morgan fingerprint density at radius 3 is 2.50 bits per heavy atom. The Bertz CT molecular complexity index is 477. The van der Waals surface area contributed by atoms with Crippen molar-refractivity contribution in [3.05, 3.63) is 35.4 Å². The van der Waals surface area contributed by atoms with Gasteiger partial charge in [-0.1, -0.05) is 6.07 Å². The molecule has 20 heavy (non-hydrogen) atoms. The zero-order valence-corrected chi connectivity index (χ0v) is 11.9. The van der Waals surface area contributed by atoms with Gasteiger partial charge in [-0.2, -0.15) is 0 Å². The van der Waals surface area contributed by atoms with Crippen LogP contribution in [0, 0.1) is 17.6 Å². The summed E-state index contributed by atoms with van der Waals surface area (Å²) in [4.78, 5) is 2.47. The normalized spacial score (nSPS) is 31.5. The van der Waals surface area contributed by atoms with Crippen molar-refractivity contribution in [2.45, 2.75) is 50.2 Å². The number of halogens is 2. The lowest BCUT2D eigenvalue weighted by Crippen LogP contribution is -2.46. The monoisotopic (exact) mass is 280 g/mol. The highest BCUT2D eigenvalue weighted by molar-refractivity contribution is 5.20. The quantitative estimate of drug-likeness (QED) is 0.922. The van der Waals surface area contributed by atoms with Crippen LogP contribution in [0.4, 0.5) is 8.78 Å². The minimum Gasteiger partial charge on any atom is -0.327 e. The number of nitrogens with two attached hydrogens (primary N) is 1. The van der Waals surface area contributed by atoms with E-state index in [0.717, 1.165) is 18.9 Å². The van der Waals surface area contributed by atoms with Crippen LogP contribution in [0.2, 0.25) is 0 Å². The van der Waals surface area contributed by atoms with Crippen LogP contribution in [-0.4, -0.2) is 30.1 Å². The molecule has 2 nitrogen and oxygen atoms in total. The van der Waals surface area contributed by atoms with Crippen molar-refractivity contribution in [2.75, 3.05) is 7.05 Å². The van der Waals surface area contributed by atoms with E-state index in [1.54, 1.807) is 0 Å². The second kappa shape index (κ2) is 5.41. The minimum absolute atomic E-state index is 0.0354. The number of nitrogens with zero attached hydrogens (tertiary/aromatic N) is 1. The summed E-state index contributed by atoms with van der Waals surface area (Å²) in [7, 11) is 2.20. The first kappa shape index (κ1) is 14.0. The lowest BCUT2D eigenvalue weighted by molar-refractivity contribution is 0.120. The molecule has 3 atom stereocenters. The van der Waals surface area contributed by atoms with Crippen molar-refractivity contribution in [3.8, 4) is 0 Å². The largest absolute Gasteiger partial charge is 0.327 e. The molecule has 2 saturated heterocycles. The van der Waals surface area contributed by atoms with Crippen LogP contribution in [-0.2, 0) is 6.42 Å². The van der Waals surface area contributed by atoms with Crippen LogP contribution < -0.4 is 5.73 Å². The molecule has 0 amide bonds. The van der Waals surface area contributed by atoms with Crippen LogP contribution in [0.15, 0.2) is 18.2 Å². The summed E-state index contributed by atoms with van der Waals surface area (Å²) in [6.07, 6.45) is 5.23. The molecule has 2 aliphatic rings. The summed E-state index contributed by atoms with van der Waals surface area (Å²) in [5.74, 6) is -0.554. The fraction of sp³-hybridized carbons (Fsp3) is 0.625. The third kappa shape index (κ3) is 2.59. The van der Waals surface area contributed by atoms with Gasteiger partial charge < -0.3 is 10.6 Å². The number of hydrogen-bond acceptors (Lipinski definition) is 2. The van der Waals surface area contributed by atoms with Gasteiger partial charge in [-0.15, -0.1) is 0 Å². The molecular formula is C16H22F2N2. The Kier molecular flexibility index (Phi) is 3.78. The van der Waals surface area contributed by atoms with Gasteiger partial charge in [0, 0.05) is 24.2 Å². The van der Waals surface area contributed by atoms with Crippen LogP contribution in [0.5, 0.6) is 0 Å². The van der Waals surface area contributed by atoms with Gasteiger partial charge in [0.05, 0.1) is 0 Å². The summed E-state index contributed by atoms with van der Waals surface area (Å²) in [6, 6.07) is 5.02. The van der Waals surface area contributed by atoms with Gasteiger partial charge in [0.2, 0.25) is 0 Å². The molecule has 2 fully saturated rings. The minimum atomic E-state index is -0.530. The van der Waals surface area contributed by atoms with Gasteiger partial charge in [0.15, 0.2) is 0 Å². The smallest absolute Gasteiger partial charge is 0.129 e. The molecule has 0 saturated carbocycles. The van der Waals surface area contributed by atoms with E-state index in [9.17, 15) is 8.78 Å². The van der Waals surface area contributed by atoms with Crippen LogP contribution in [0.25, 0.3) is 0 Å². The number of fused-ring (bicyclic) bond motifs is 2. The maximum atomic E-state index is 13.7. The van der Waals surface area contributed by atoms with E-state index in [0.29, 0.717) is 30.0 Å². The lowest BCUT2D eigenvalue weighted by Gasteiger charge is -2.38. The van der Waals surface area contributed by atoms with Crippen molar-refractivity contribution in [2.24, 2.45) is 11.7 Å². The summed E-state index contributed by atoms with van der Waals surface area (Å²) >= 11 is 0. The SMILES string of the molecule is CN1C2CCC1CC(C(N)Cc1ccc(F)cc1F)C2. The second-order valence-electron chi connectivity index (χ2n) is 6.39. The van der Waals surface area contributed by atoms with Crippen LogP contribution in [0.1, 0.15) is 31.2 Å². The average Bonchev–Trinajstić information content (AvgIpc) is 2.64. The molecule has 2 heterocycles. The topological polar surface area (TPSA) is 29.3 Å². The van der Waals surface area contributed by atoms with E-state index >= 15 is 0 Å². The van der Waals surface area contributed by atoms with Gasteiger partial charge in [-0.3, -0.25) is 0 Å². The molecular weight excluding hydrogens is 258 g/mol. The number of benzene rings is 1. The first-order chi connectivity index (χ1) is 9.54. The highest BCUT2D eigenvalue weighted by atomic mass is 19.1. The summed E-state index contributed by atoms with van der Waals surface area (Å²) in [6.45, 7) is 0. The van der Waals surface area contributed by atoms with Gasteiger partial charge in [-0.05, 0) is 56.7 Å². The van der Waals surface area contributed by atoms with E-state index in [-0.39, 0.29) is 6.04 Å². The lowest BCUT2D eigenvalue weighted by atomic mass is 9.83. The zero-order valence-electron chi connectivity index (χ0n) is 11.9. The van der Waals surface area contributed by atoms with Gasteiger partial charge in [-0.25, -0.2) is 8.78 Å². The molecule has 0 aromatic heterocycles. The molecule has 1 aromatic carbocycles. The number of hydrogen-bond donors (Lipinski definition) is 1. The van der Waals surface area contributed by atoms with Crippen molar-refractivity contribution >= 4 is 0 Å². The molecule has 2 N–H and O–H groups in total. The van der Waals surface area contributed by atoms with Crippen molar-refractivity contribution in [3.63, 3.8) is 0 Å². The molecule has 4 heteroatoms. The molecule has 0 aliphatic carbocycles. The molecule has 3 unspecified atom stereocenters. The summed E-state index contributed by atoms with van der Waals surface area (Å²) in [5.41, 5.74) is 6.84. The maximum absolute atomic E-state index is 13.7. The Morgan fingerprint density at radius 1 is 1.25 bits per heavy atom. The first-order valence-corrected chi connectivity index (χ1v) is 7.46. The second-order valence-corrected chi connectivity index (χ2v) is 6.39. The number of rotatable bonds is 3. The Morgan fingerprint density at radius 2 is 1.90 bits per heavy atom. The fourth-order valence-corrected chi connectivity index (χ4v) is 3.91. The zero-order chi connectivity index (χ0) is 14.3. The summed E-state index contributed by atoms with van der Waals surface area (Å²) in [5, 5.41) is 0. The maximum Gasteiger partial charge on any atom is 0.129 e. The van der Waals surface area contributed by atoms with Crippen molar-refractivity contribution in [1.29, 1.82) is 0 Å². The molecule has 3 rings (SSSR count). The Balaban J connectivity index is 1.66. The van der Waals surface area contributed by atoms with E-state index in [2.05, 4.69) is 11.9 Å². The van der Waals surface area contributed by atoms with Crippen LogP contribution >= 0.6 is 0 Å². The first-order valence-electron chi connectivity index (χ1n) is 7.46. The summed E-state index contributed by atoms with van der Waals surface area (Å²) < 4.78 is 26.6. The van der Waals surface area contributed by atoms with E-state index in [1.807, 2.05) is 0 Å². The Labute approximate surface area is 118 Å². The highest BCUT2D eigenvalue weighted by Crippen LogP contribution is 2.38. The molecule has 110 valence electrons. The van der Waals surface area contributed by atoms with Gasteiger partial charge >= 0.3 is 0 Å². The van der Waals surface area contributed by atoms with Crippen molar-refractivity contribution < 1.29 is 8.78 Å². The van der Waals surface area contributed by atoms with E-state index in [1.165, 1.54) is 25.0 Å². The van der Waals surface area contributed by atoms with Gasteiger partial charge in [0.25, 0.3) is 0 Å². The predicted molar refractivity (Wildman–Crippen MR) is 75.3 cm³/mol. The Hall–Kier alpha value is -1.00. The van der Waals surface area contributed by atoms with E-state index < -0.39 is 11.6 Å². The third-order valence-electron chi connectivity index (χ3n) is 5.21. The molecule has 2 aliphatic heterocycles. The van der Waals surface area contributed by atoms with Gasteiger partial charge in [0.1, 0.15) is 11.6 Å². The average molecular weight is 280 g/mol. The molecule has 2 bridgehead atoms. The molecule has 1 aromatic rings. The van der Waals surface area contributed by atoms with E-state index in [4.69, 9.17) is 5.73 Å². The molecule has 0 radical (unpaired) electrons. The predicted octanol–water partition coefficient (Wildman–Crippen LogP) is 2.71. The molecule has 0 spiro atoms. The fourth-order valence-electron chi connectivity index (χ4n) is 3.91. The third-order valence-corrected chi connectivity index (χ3v) is 5.21. The number of piperidine rings is 1. The van der Waals surface area contributed by atoms with Crippen molar-refractivity contribution in [1.82, 2.24) is 4.90 Å². The standard InChI is InChI=1S/C16H22F2N2/c1-20-13-4-5-14(20)7-11(6-13)16(19)8-10-2-3-12(17)9-15(10)18/h2-3,9,11,13-14,16H,4-8,19H2,1H3.